The first-order valence-corrected chi connectivity index (χ1v) is 7.36. The third-order valence-electron chi connectivity index (χ3n) is 3.07. The predicted molar refractivity (Wildman–Crippen MR) is 81.7 cm³/mol. The topological polar surface area (TPSA) is 47.6 Å². The zero-order valence-corrected chi connectivity index (χ0v) is 13.3. The number of ether oxygens (including phenoxy) is 2. The van der Waals surface area contributed by atoms with Crippen LogP contribution >= 0.6 is 0 Å². The summed E-state index contributed by atoms with van der Waals surface area (Å²) in [6.07, 6.45) is -4.42. The minimum Gasteiger partial charge on any atom is -0.484 e. The molecule has 4 nitrogen and oxygen atoms in total. The lowest BCUT2D eigenvalue weighted by Gasteiger charge is -2.10. The molecule has 0 aliphatic carbocycles. The van der Waals surface area contributed by atoms with Crippen molar-refractivity contribution in [3.8, 4) is 11.5 Å². The quantitative estimate of drug-likeness (QED) is 0.753. The summed E-state index contributed by atoms with van der Waals surface area (Å²) in [4.78, 5) is 11.7. The Morgan fingerprint density at radius 1 is 1.00 bits per heavy atom. The summed E-state index contributed by atoms with van der Waals surface area (Å²) in [5.41, 5.74) is 0.616. The van der Waals surface area contributed by atoms with E-state index in [0.717, 1.165) is 12.1 Å². The van der Waals surface area contributed by atoms with Gasteiger partial charge in [0, 0.05) is 12.6 Å². The molecule has 140 valence electrons. The molecule has 0 aliphatic rings. The van der Waals surface area contributed by atoms with E-state index in [9.17, 15) is 26.7 Å². The summed E-state index contributed by atoms with van der Waals surface area (Å²) in [7, 11) is 0. The van der Waals surface area contributed by atoms with Crippen LogP contribution in [0.3, 0.4) is 0 Å². The number of hydrogen-bond acceptors (Lipinski definition) is 3. The molecular formula is C17H14F5NO3. The van der Waals surface area contributed by atoms with Crippen LogP contribution in [0.2, 0.25) is 0 Å². The summed E-state index contributed by atoms with van der Waals surface area (Å²) >= 11 is 0. The van der Waals surface area contributed by atoms with Crippen molar-refractivity contribution < 1.29 is 36.2 Å². The summed E-state index contributed by atoms with van der Waals surface area (Å²) in [6, 6.07) is 8.38. The Kier molecular flexibility index (Phi) is 6.37. The number of halogens is 5. The number of rotatable bonds is 7. The first-order chi connectivity index (χ1) is 12.2. The molecular weight excluding hydrogens is 361 g/mol. The summed E-state index contributed by atoms with van der Waals surface area (Å²) < 4.78 is 71.7. The van der Waals surface area contributed by atoms with E-state index in [0.29, 0.717) is 11.6 Å². The molecule has 0 aromatic heterocycles. The molecule has 0 heterocycles. The van der Waals surface area contributed by atoms with Crippen LogP contribution in [0.25, 0.3) is 0 Å². The minimum absolute atomic E-state index is 0.0486. The molecule has 0 atom stereocenters. The van der Waals surface area contributed by atoms with Crippen molar-refractivity contribution in [3.05, 3.63) is 59.7 Å². The van der Waals surface area contributed by atoms with Gasteiger partial charge in [0.05, 0.1) is 0 Å². The second-order valence-corrected chi connectivity index (χ2v) is 5.19. The highest BCUT2D eigenvalue weighted by atomic mass is 19.4. The van der Waals surface area contributed by atoms with E-state index in [2.05, 4.69) is 10.1 Å². The van der Waals surface area contributed by atoms with Crippen LogP contribution in [-0.4, -0.2) is 25.3 Å². The summed E-state index contributed by atoms with van der Waals surface area (Å²) in [5, 5.41) is 2.49. The van der Waals surface area contributed by atoms with E-state index in [1.54, 1.807) is 0 Å². The molecule has 0 aliphatic heterocycles. The van der Waals surface area contributed by atoms with Gasteiger partial charge in [0.2, 0.25) is 0 Å². The number of nitrogens with one attached hydrogen (secondary N) is 1. The molecule has 0 fully saturated rings. The van der Waals surface area contributed by atoms with Gasteiger partial charge in [-0.15, -0.1) is 0 Å². The highest BCUT2D eigenvalue weighted by Gasteiger charge is 2.28. The van der Waals surface area contributed by atoms with Crippen LogP contribution in [0, 0.1) is 11.6 Å². The fourth-order valence-corrected chi connectivity index (χ4v) is 1.86. The Hall–Kier alpha value is -2.84. The Morgan fingerprint density at radius 2 is 1.69 bits per heavy atom. The van der Waals surface area contributed by atoms with Gasteiger partial charge in [-0.1, -0.05) is 12.1 Å². The Morgan fingerprint density at radius 3 is 2.31 bits per heavy atom. The van der Waals surface area contributed by atoms with Crippen molar-refractivity contribution >= 4 is 5.91 Å². The zero-order chi connectivity index (χ0) is 19.2. The van der Waals surface area contributed by atoms with Gasteiger partial charge in [-0.05, 0) is 29.8 Å². The SMILES string of the molecule is O=C(COc1ccc(F)cc1F)NCc1ccc(OCC(F)(F)F)cc1. The van der Waals surface area contributed by atoms with Crippen LogP contribution in [0.4, 0.5) is 22.0 Å². The highest BCUT2D eigenvalue weighted by Crippen LogP contribution is 2.19. The molecule has 0 bridgehead atoms. The fourth-order valence-electron chi connectivity index (χ4n) is 1.86. The number of amides is 1. The van der Waals surface area contributed by atoms with E-state index in [-0.39, 0.29) is 18.0 Å². The summed E-state index contributed by atoms with van der Waals surface area (Å²) in [6.45, 7) is -1.77. The monoisotopic (exact) mass is 375 g/mol. The summed E-state index contributed by atoms with van der Waals surface area (Å²) in [5.74, 6) is -2.44. The second kappa shape index (κ2) is 8.50. The number of carbonyl (C=O) groups is 1. The molecule has 2 aromatic rings. The first kappa shape index (κ1) is 19.5. The number of hydrogen-bond donors (Lipinski definition) is 1. The molecule has 2 aromatic carbocycles. The molecule has 0 saturated carbocycles. The second-order valence-electron chi connectivity index (χ2n) is 5.19. The molecule has 26 heavy (non-hydrogen) atoms. The van der Waals surface area contributed by atoms with E-state index in [4.69, 9.17) is 4.74 Å². The van der Waals surface area contributed by atoms with Gasteiger partial charge in [-0.25, -0.2) is 8.78 Å². The molecule has 0 radical (unpaired) electrons. The molecule has 0 spiro atoms. The van der Waals surface area contributed by atoms with E-state index in [1.165, 1.54) is 24.3 Å². The lowest BCUT2D eigenvalue weighted by Crippen LogP contribution is -2.28. The molecule has 1 N–H and O–H groups in total. The average molecular weight is 375 g/mol. The molecule has 0 saturated heterocycles. The molecule has 0 unspecified atom stereocenters. The van der Waals surface area contributed by atoms with Crippen LogP contribution in [0.1, 0.15) is 5.56 Å². The van der Waals surface area contributed by atoms with Crippen molar-refractivity contribution in [2.75, 3.05) is 13.2 Å². The van der Waals surface area contributed by atoms with Crippen LogP contribution < -0.4 is 14.8 Å². The Balaban J connectivity index is 1.76. The number of alkyl halides is 3. The number of benzene rings is 2. The van der Waals surface area contributed by atoms with Gasteiger partial charge in [0.1, 0.15) is 11.6 Å². The van der Waals surface area contributed by atoms with Gasteiger partial charge in [0.15, 0.2) is 24.8 Å². The third kappa shape index (κ3) is 6.58. The van der Waals surface area contributed by atoms with Crippen molar-refractivity contribution in [2.24, 2.45) is 0 Å². The van der Waals surface area contributed by atoms with Gasteiger partial charge in [-0.2, -0.15) is 13.2 Å². The molecule has 9 heteroatoms. The molecule has 1 amide bonds. The van der Waals surface area contributed by atoms with Gasteiger partial charge in [0.25, 0.3) is 5.91 Å². The van der Waals surface area contributed by atoms with Gasteiger partial charge in [-0.3, -0.25) is 4.79 Å². The van der Waals surface area contributed by atoms with E-state index >= 15 is 0 Å². The number of carbonyl (C=O) groups excluding carboxylic acids is 1. The normalized spacial score (nSPS) is 11.1. The van der Waals surface area contributed by atoms with E-state index in [1.807, 2.05) is 0 Å². The lowest BCUT2D eigenvalue weighted by atomic mass is 10.2. The van der Waals surface area contributed by atoms with Crippen LogP contribution in [0.15, 0.2) is 42.5 Å². The first-order valence-electron chi connectivity index (χ1n) is 7.36. The van der Waals surface area contributed by atoms with Crippen molar-refractivity contribution in [1.29, 1.82) is 0 Å². The van der Waals surface area contributed by atoms with Gasteiger partial charge < -0.3 is 14.8 Å². The molecule has 2 rings (SSSR count). The smallest absolute Gasteiger partial charge is 0.422 e. The predicted octanol–water partition coefficient (Wildman–Crippen LogP) is 3.60. The van der Waals surface area contributed by atoms with Crippen molar-refractivity contribution in [3.63, 3.8) is 0 Å². The highest BCUT2D eigenvalue weighted by molar-refractivity contribution is 5.77. The maximum absolute atomic E-state index is 13.3. The van der Waals surface area contributed by atoms with Crippen LogP contribution in [0.5, 0.6) is 11.5 Å². The average Bonchev–Trinajstić information content (AvgIpc) is 2.57. The largest absolute Gasteiger partial charge is 0.484 e. The minimum atomic E-state index is -4.42. The fraction of sp³-hybridized carbons (Fsp3) is 0.235. The van der Waals surface area contributed by atoms with Gasteiger partial charge >= 0.3 is 6.18 Å². The third-order valence-corrected chi connectivity index (χ3v) is 3.07. The van der Waals surface area contributed by atoms with Crippen LogP contribution in [-0.2, 0) is 11.3 Å². The van der Waals surface area contributed by atoms with Crippen molar-refractivity contribution in [1.82, 2.24) is 5.32 Å². The maximum Gasteiger partial charge on any atom is 0.422 e. The maximum atomic E-state index is 13.3. The lowest BCUT2D eigenvalue weighted by molar-refractivity contribution is -0.153. The Bertz CT molecular complexity index is 747. The Labute approximate surface area is 145 Å². The zero-order valence-electron chi connectivity index (χ0n) is 13.3. The van der Waals surface area contributed by atoms with E-state index < -0.39 is 36.9 Å². The van der Waals surface area contributed by atoms with Crippen molar-refractivity contribution in [2.45, 2.75) is 12.7 Å². The standard InChI is InChI=1S/C17H14F5NO3/c18-12-3-6-15(14(19)7-12)25-9-16(24)23-8-11-1-4-13(5-2-11)26-10-17(20,21)22/h1-7H,8-10H2,(H,23,24).